The number of hydrogen-bond acceptors (Lipinski definition) is 5. The maximum Gasteiger partial charge on any atom is 0.247 e. The number of benzene rings is 2. The molecule has 0 aliphatic heterocycles. The number of carbonyl (C=O) groups is 1. The number of halogens is 3. The monoisotopic (exact) mass is 485 g/mol. The van der Waals surface area contributed by atoms with Gasteiger partial charge in [-0.05, 0) is 43.3 Å². The standard InChI is InChI=1S/C23H18Cl2FN5O2/c1-3-20(32)28-19-6-4-5-17(26)22(19)29-23-14-9-13(7-8-18(14)30-31-23)33-12(2)21-15(24)10-27-11-16(21)25/h3-12H,1H2,2H3,(H,28,32)(H2,29,30,31). The van der Waals surface area contributed by atoms with E-state index in [1.165, 1.54) is 24.5 Å². The van der Waals surface area contributed by atoms with E-state index in [-0.39, 0.29) is 11.4 Å². The minimum absolute atomic E-state index is 0.0659. The molecular weight excluding hydrogens is 468 g/mol. The molecule has 0 aliphatic carbocycles. The first kappa shape index (κ1) is 22.6. The molecule has 2 heterocycles. The lowest BCUT2D eigenvalue weighted by Gasteiger charge is -2.17. The number of amides is 1. The van der Waals surface area contributed by atoms with Crippen molar-refractivity contribution in [2.75, 3.05) is 10.6 Å². The molecule has 0 fully saturated rings. The average Bonchev–Trinajstić information content (AvgIpc) is 3.18. The fourth-order valence-electron chi connectivity index (χ4n) is 3.29. The number of nitrogens with one attached hydrogen (secondary N) is 3. The Balaban J connectivity index is 1.65. The van der Waals surface area contributed by atoms with Gasteiger partial charge >= 0.3 is 0 Å². The normalized spacial score (nSPS) is 11.8. The van der Waals surface area contributed by atoms with Crippen LogP contribution in [0.2, 0.25) is 10.0 Å². The summed E-state index contributed by atoms with van der Waals surface area (Å²) in [7, 11) is 0. The van der Waals surface area contributed by atoms with Crippen LogP contribution in [0.4, 0.5) is 21.6 Å². The fraction of sp³-hybridized carbons (Fsp3) is 0.0870. The summed E-state index contributed by atoms with van der Waals surface area (Å²) >= 11 is 12.5. The van der Waals surface area contributed by atoms with E-state index in [9.17, 15) is 9.18 Å². The zero-order valence-corrected chi connectivity index (χ0v) is 18.8. The smallest absolute Gasteiger partial charge is 0.247 e. The Bertz CT molecular complexity index is 1340. The number of para-hydroxylation sites is 1. The van der Waals surface area contributed by atoms with E-state index >= 15 is 0 Å². The molecule has 0 saturated carbocycles. The summed E-state index contributed by atoms with van der Waals surface area (Å²) in [6, 6.07) is 9.64. The predicted molar refractivity (Wildman–Crippen MR) is 128 cm³/mol. The Morgan fingerprint density at radius 1 is 1.24 bits per heavy atom. The molecule has 0 aliphatic rings. The van der Waals surface area contributed by atoms with Crippen LogP contribution in [0.3, 0.4) is 0 Å². The molecule has 0 radical (unpaired) electrons. The van der Waals surface area contributed by atoms with Gasteiger partial charge in [0.15, 0.2) is 5.82 Å². The molecule has 10 heteroatoms. The lowest BCUT2D eigenvalue weighted by Crippen LogP contribution is -2.10. The maximum atomic E-state index is 14.6. The molecule has 3 N–H and O–H groups in total. The number of hydrogen-bond donors (Lipinski definition) is 3. The summed E-state index contributed by atoms with van der Waals surface area (Å²) in [6.45, 7) is 5.23. The maximum absolute atomic E-state index is 14.6. The van der Waals surface area contributed by atoms with Crippen molar-refractivity contribution in [1.29, 1.82) is 0 Å². The summed E-state index contributed by atoms with van der Waals surface area (Å²) in [5.74, 6) is -0.149. The molecule has 0 spiro atoms. The van der Waals surface area contributed by atoms with Gasteiger partial charge in [-0.2, -0.15) is 5.10 Å². The number of carbonyl (C=O) groups excluding carboxylic acids is 1. The van der Waals surface area contributed by atoms with Gasteiger partial charge in [-0.1, -0.05) is 35.8 Å². The summed E-state index contributed by atoms with van der Waals surface area (Å²) in [5, 5.41) is 14.1. The van der Waals surface area contributed by atoms with E-state index in [2.05, 4.69) is 32.4 Å². The average molecular weight is 486 g/mol. The number of aromatic nitrogens is 3. The minimum Gasteiger partial charge on any atom is -0.486 e. The Labute approximate surface area is 198 Å². The van der Waals surface area contributed by atoms with Crippen LogP contribution < -0.4 is 15.4 Å². The van der Waals surface area contributed by atoms with Crippen LogP contribution >= 0.6 is 23.2 Å². The molecule has 4 rings (SSSR count). The Kier molecular flexibility index (Phi) is 6.48. The molecule has 2 aromatic heterocycles. The van der Waals surface area contributed by atoms with Crippen LogP contribution in [0.25, 0.3) is 10.9 Å². The number of H-pyrrole nitrogens is 1. The first-order chi connectivity index (χ1) is 15.9. The van der Waals surface area contributed by atoms with Crippen molar-refractivity contribution in [3.05, 3.63) is 82.9 Å². The molecule has 1 unspecified atom stereocenters. The molecule has 0 saturated heterocycles. The minimum atomic E-state index is -0.559. The van der Waals surface area contributed by atoms with E-state index in [1.54, 1.807) is 24.3 Å². The lowest BCUT2D eigenvalue weighted by atomic mass is 10.1. The topological polar surface area (TPSA) is 91.9 Å². The van der Waals surface area contributed by atoms with Crippen molar-refractivity contribution >= 4 is 57.2 Å². The third kappa shape index (κ3) is 4.76. The molecule has 7 nitrogen and oxygen atoms in total. The van der Waals surface area contributed by atoms with Gasteiger partial charge in [0, 0.05) is 23.3 Å². The van der Waals surface area contributed by atoms with Crippen molar-refractivity contribution in [1.82, 2.24) is 15.2 Å². The Hall–Kier alpha value is -3.62. The third-order valence-electron chi connectivity index (χ3n) is 4.84. The predicted octanol–water partition coefficient (Wildman–Crippen LogP) is 6.41. The van der Waals surface area contributed by atoms with Gasteiger partial charge in [-0.25, -0.2) is 4.39 Å². The zero-order valence-electron chi connectivity index (χ0n) is 17.3. The third-order valence-corrected chi connectivity index (χ3v) is 5.45. The first-order valence-corrected chi connectivity index (χ1v) is 10.6. The SMILES string of the molecule is C=CC(=O)Nc1cccc(F)c1Nc1n[nH]c2ccc(OC(C)c3c(Cl)cncc3Cl)cc12. The van der Waals surface area contributed by atoms with Gasteiger partial charge in [0.2, 0.25) is 5.91 Å². The van der Waals surface area contributed by atoms with Crippen molar-refractivity contribution < 1.29 is 13.9 Å². The van der Waals surface area contributed by atoms with Crippen molar-refractivity contribution in [3.63, 3.8) is 0 Å². The second-order valence-electron chi connectivity index (χ2n) is 7.04. The molecule has 1 amide bonds. The van der Waals surface area contributed by atoms with E-state index < -0.39 is 17.8 Å². The first-order valence-electron chi connectivity index (χ1n) is 9.80. The molecule has 2 aromatic carbocycles. The van der Waals surface area contributed by atoms with Crippen LogP contribution in [0, 0.1) is 5.82 Å². The largest absolute Gasteiger partial charge is 0.486 e. The van der Waals surface area contributed by atoms with Crippen LogP contribution in [0.15, 0.2) is 61.4 Å². The summed E-state index contributed by atoms with van der Waals surface area (Å²) < 4.78 is 20.6. The van der Waals surface area contributed by atoms with Crippen LogP contribution in [0.1, 0.15) is 18.6 Å². The number of fused-ring (bicyclic) bond motifs is 1. The summed E-state index contributed by atoms with van der Waals surface area (Å²) in [5.41, 5.74) is 1.63. The highest BCUT2D eigenvalue weighted by atomic mass is 35.5. The highest BCUT2D eigenvalue weighted by Gasteiger charge is 2.18. The van der Waals surface area contributed by atoms with Crippen LogP contribution in [-0.2, 0) is 4.79 Å². The van der Waals surface area contributed by atoms with E-state index in [0.717, 1.165) is 6.08 Å². The summed E-state index contributed by atoms with van der Waals surface area (Å²) in [6.07, 6.45) is 3.65. The van der Waals surface area contributed by atoms with Crippen LogP contribution in [0.5, 0.6) is 5.75 Å². The van der Waals surface area contributed by atoms with Gasteiger partial charge in [-0.3, -0.25) is 14.9 Å². The quantitative estimate of drug-likeness (QED) is 0.263. The molecule has 0 bridgehead atoms. The second kappa shape index (κ2) is 9.48. The van der Waals surface area contributed by atoms with Gasteiger partial charge < -0.3 is 15.4 Å². The highest BCUT2D eigenvalue weighted by Crippen LogP contribution is 2.35. The number of anilines is 3. The van der Waals surface area contributed by atoms with E-state index in [4.69, 9.17) is 27.9 Å². The highest BCUT2D eigenvalue weighted by molar-refractivity contribution is 6.35. The van der Waals surface area contributed by atoms with Gasteiger partial charge in [0.25, 0.3) is 0 Å². The Morgan fingerprint density at radius 2 is 2.00 bits per heavy atom. The van der Waals surface area contributed by atoms with Crippen LogP contribution in [-0.4, -0.2) is 21.1 Å². The fourth-order valence-corrected chi connectivity index (χ4v) is 3.96. The van der Waals surface area contributed by atoms with Crippen molar-refractivity contribution in [2.24, 2.45) is 0 Å². The van der Waals surface area contributed by atoms with Gasteiger partial charge in [-0.15, -0.1) is 0 Å². The van der Waals surface area contributed by atoms with Gasteiger partial charge in [0.1, 0.15) is 17.7 Å². The van der Waals surface area contributed by atoms with Gasteiger partial charge in [0.05, 0.1) is 26.9 Å². The number of nitrogens with zero attached hydrogens (tertiary/aromatic N) is 2. The number of ether oxygens (including phenoxy) is 1. The number of rotatable bonds is 7. The molecule has 4 aromatic rings. The van der Waals surface area contributed by atoms with E-state index in [1.807, 2.05) is 6.92 Å². The molecule has 1 atom stereocenters. The van der Waals surface area contributed by atoms with E-state index in [0.29, 0.717) is 38.1 Å². The molecule has 168 valence electrons. The molecular formula is C23H18Cl2FN5O2. The Morgan fingerprint density at radius 3 is 2.73 bits per heavy atom. The van der Waals surface area contributed by atoms with Crippen molar-refractivity contribution in [3.8, 4) is 5.75 Å². The lowest BCUT2D eigenvalue weighted by molar-refractivity contribution is -0.111. The summed E-state index contributed by atoms with van der Waals surface area (Å²) in [4.78, 5) is 15.7. The molecule has 33 heavy (non-hydrogen) atoms. The number of pyridine rings is 1. The zero-order chi connectivity index (χ0) is 23.5. The number of aromatic amines is 1. The van der Waals surface area contributed by atoms with Crippen molar-refractivity contribution in [2.45, 2.75) is 13.0 Å². The second-order valence-corrected chi connectivity index (χ2v) is 7.85.